The maximum Gasteiger partial charge on any atom is 0.191 e. The summed E-state index contributed by atoms with van der Waals surface area (Å²) in [6.07, 6.45) is 3.77. The Balaban J connectivity index is 1.72. The van der Waals surface area contributed by atoms with E-state index in [1.807, 2.05) is 11.6 Å². The zero-order valence-electron chi connectivity index (χ0n) is 12.0. The Bertz CT molecular complexity index is 611. The van der Waals surface area contributed by atoms with Gasteiger partial charge < -0.3 is 9.30 Å². The lowest BCUT2D eigenvalue weighted by molar-refractivity contribution is 0.0315. The summed E-state index contributed by atoms with van der Waals surface area (Å²) in [6.45, 7) is 0.852. The molecule has 1 aromatic carbocycles. The molecule has 4 nitrogen and oxygen atoms in total. The quantitative estimate of drug-likeness (QED) is 0.813. The molecule has 1 saturated heterocycles. The first-order chi connectivity index (χ1) is 10.3. The van der Waals surface area contributed by atoms with E-state index in [-0.39, 0.29) is 11.9 Å². The molecule has 2 heterocycles. The van der Waals surface area contributed by atoms with Gasteiger partial charge in [-0.15, -0.1) is 10.2 Å². The summed E-state index contributed by atoms with van der Waals surface area (Å²) >= 11 is 1.62. The molecule has 6 heteroatoms. The topological polar surface area (TPSA) is 39.9 Å². The van der Waals surface area contributed by atoms with Crippen LogP contribution in [-0.4, -0.2) is 33.2 Å². The van der Waals surface area contributed by atoms with E-state index in [1.165, 1.54) is 12.5 Å². The lowest BCUT2D eigenvalue weighted by atomic mass is 10.1. The number of rotatable bonds is 4. The minimum absolute atomic E-state index is 0.278. The molecule has 1 aliphatic rings. The maximum absolute atomic E-state index is 13.8. The van der Waals surface area contributed by atoms with Crippen molar-refractivity contribution >= 4 is 11.8 Å². The van der Waals surface area contributed by atoms with E-state index in [1.54, 1.807) is 30.0 Å². The molecule has 0 bridgehead atoms. The van der Waals surface area contributed by atoms with Crippen molar-refractivity contribution in [1.29, 1.82) is 0 Å². The molecule has 1 aliphatic heterocycles. The standard InChI is InChI=1S/C15H18FN3OS/c1-19-14(12-7-2-3-8-13(12)16)17-18-15(19)21-10-11-6-4-5-9-20-11/h2-3,7-8,11H,4-6,9-10H2,1H3. The SMILES string of the molecule is Cn1c(SCC2CCCCO2)nnc1-c1ccccc1F. The molecule has 0 radical (unpaired) electrons. The van der Waals surface area contributed by atoms with Crippen LogP contribution in [0, 0.1) is 5.82 Å². The van der Waals surface area contributed by atoms with Crippen molar-refractivity contribution in [2.24, 2.45) is 7.05 Å². The Labute approximate surface area is 127 Å². The minimum Gasteiger partial charge on any atom is -0.377 e. The molecule has 0 aliphatic carbocycles. The van der Waals surface area contributed by atoms with Crippen molar-refractivity contribution < 1.29 is 9.13 Å². The first-order valence-corrected chi connectivity index (χ1v) is 8.13. The summed E-state index contributed by atoms with van der Waals surface area (Å²) in [6, 6.07) is 6.63. The van der Waals surface area contributed by atoms with E-state index in [9.17, 15) is 4.39 Å². The predicted octanol–water partition coefficient (Wildman–Crippen LogP) is 3.28. The van der Waals surface area contributed by atoms with Crippen LogP contribution in [0.25, 0.3) is 11.4 Å². The van der Waals surface area contributed by atoms with Crippen LogP contribution in [0.1, 0.15) is 19.3 Å². The molecule has 2 aromatic rings. The summed E-state index contributed by atoms with van der Waals surface area (Å²) in [4.78, 5) is 0. The Morgan fingerprint density at radius 1 is 1.33 bits per heavy atom. The minimum atomic E-state index is -0.278. The Morgan fingerprint density at radius 2 is 2.19 bits per heavy atom. The number of ether oxygens (including phenoxy) is 1. The first kappa shape index (κ1) is 14.5. The van der Waals surface area contributed by atoms with Gasteiger partial charge in [0.25, 0.3) is 0 Å². The van der Waals surface area contributed by atoms with E-state index in [4.69, 9.17) is 4.74 Å². The highest BCUT2D eigenvalue weighted by Gasteiger charge is 2.18. The van der Waals surface area contributed by atoms with Gasteiger partial charge in [-0.1, -0.05) is 23.9 Å². The zero-order chi connectivity index (χ0) is 14.7. The monoisotopic (exact) mass is 307 g/mol. The van der Waals surface area contributed by atoms with Gasteiger partial charge in [0.1, 0.15) is 5.82 Å². The molecule has 1 unspecified atom stereocenters. The van der Waals surface area contributed by atoms with Crippen LogP contribution >= 0.6 is 11.8 Å². The molecular weight excluding hydrogens is 289 g/mol. The number of hydrogen-bond acceptors (Lipinski definition) is 4. The van der Waals surface area contributed by atoms with Crippen LogP contribution in [-0.2, 0) is 11.8 Å². The van der Waals surface area contributed by atoms with Crippen LogP contribution in [0.15, 0.2) is 29.4 Å². The molecule has 1 aromatic heterocycles. The number of halogens is 1. The van der Waals surface area contributed by atoms with Crippen molar-refractivity contribution in [1.82, 2.24) is 14.8 Å². The molecule has 1 fully saturated rings. The van der Waals surface area contributed by atoms with Gasteiger partial charge in [-0.3, -0.25) is 0 Å². The van der Waals surface area contributed by atoms with Gasteiger partial charge in [-0.25, -0.2) is 4.39 Å². The van der Waals surface area contributed by atoms with E-state index in [2.05, 4.69) is 10.2 Å². The average Bonchev–Trinajstić information content (AvgIpc) is 2.88. The summed E-state index contributed by atoms with van der Waals surface area (Å²) in [5.74, 6) is 1.14. The van der Waals surface area contributed by atoms with E-state index in [0.717, 1.165) is 30.4 Å². The molecule has 0 N–H and O–H groups in total. The van der Waals surface area contributed by atoms with Crippen LogP contribution in [0.5, 0.6) is 0 Å². The Kier molecular flexibility index (Phi) is 4.55. The van der Waals surface area contributed by atoms with Gasteiger partial charge in [0.15, 0.2) is 11.0 Å². The maximum atomic E-state index is 13.8. The second kappa shape index (κ2) is 6.58. The first-order valence-electron chi connectivity index (χ1n) is 7.14. The number of thioether (sulfide) groups is 1. The molecular formula is C15H18FN3OS. The van der Waals surface area contributed by atoms with Gasteiger partial charge in [0.05, 0.1) is 11.7 Å². The fourth-order valence-electron chi connectivity index (χ4n) is 2.42. The van der Waals surface area contributed by atoms with E-state index in [0.29, 0.717) is 11.4 Å². The molecule has 3 rings (SSSR count). The summed E-state index contributed by atoms with van der Waals surface area (Å²) in [7, 11) is 1.87. The fourth-order valence-corrected chi connectivity index (χ4v) is 3.40. The van der Waals surface area contributed by atoms with Crippen LogP contribution in [0.2, 0.25) is 0 Å². The van der Waals surface area contributed by atoms with Crippen LogP contribution in [0.4, 0.5) is 4.39 Å². The third kappa shape index (κ3) is 3.27. The predicted molar refractivity (Wildman–Crippen MR) is 80.7 cm³/mol. The molecule has 21 heavy (non-hydrogen) atoms. The van der Waals surface area contributed by atoms with Crippen molar-refractivity contribution in [2.45, 2.75) is 30.5 Å². The van der Waals surface area contributed by atoms with Crippen molar-refractivity contribution in [3.05, 3.63) is 30.1 Å². The lowest BCUT2D eigenvalue weighted by Crippen LogP contribution is -2.21. The number of aromatic nitrogens is 3. The van der Waals surface area contributed by atoms with Gasteiger partial charge in [-0.2, -0.15) is 0 Å². The van der Waals surface area contributed by atoms with Crippen LogP contribution < -0.4 is 0 Å². The third-order valence-electron chi connectivity index (χ3n) is 3.62. The second-order valence-electron chi connectivity index (χ2n) is 5.14. The Hall–Kier alpha value is -1.40. The molecule has 0 spiro atoms. The van der Waals surface area contributed by atoms with Crippen molar-refractivity contribution in [2.75, 3.05) is 12.4 Å². The molecule has 112 valence electrons. The highest BCUT2D eigenvalue weighted by Crippen LogP contribution is 2.26. The highest BCUT2D eigenvalue weighted by molar-refractivity contribution is 7.99. The summed E-state index contributed by atoms with van der Waals surface area (Å²) in [5.41, 5.74) is 0.480. The van der Waals surface area contributed by atoms with Gasteiger partial charge >= 0.3 is 0 Å². The largest absolute Gasteiger partial charge is 0.377 e. The number of nitrogens with zero attached hydrogens (tertiary/aromatic N) is 3. The molecule has 0 amide bonds. The van der Waals surface area contributed by atoms with Crippen LogP contribution in [0.3, 0.4) is 0 Å². The van der Waals surface area contributed by atoms with Crippen molar-refractivity contribution in [3.8, 4) is 11.4 Å². The molecule has 1 atom stereocenters. The Morgan fingerprint density at radius 3 is 2.95 bits per heavy atom. The highest BCUT2D eigenvalue weighted by atomic mass is 32.2. The van der Waals surface area contributed by atoms with Gasteiger partial charge in [0.2, 0.25) is 0 Å². The lowest BCUT2D eigenvalue weighted by Gasteiger charge is -2.21. The normalized spacial score (nSPS) is 18.9. The number of hydrogen-bond donors (Lipinski definition) is 0. The summed E-state index contributed by atoms with van der Waals surface area (Å²) in [5, 5.41) is 9.09. The average molecular weight is 307 g/mol. The van der Waals surface area contributed by atoms with E-state index < -0.39 is 0 Å². The summed E-state index contributed by atoms with van der Waals surface area (Å²) < 4.78 is 21.4. The van der Waals surface area contributed by atoms with E-state index >= 15 is 0 Å². The smallest absolute Gasteiger partial charge is 0.191 e. The van der Waals surface area contributed by atoms with Crippen molar-refractivity contribution in [3.63, 3.8) is 0 Å². The van der Waals surface area contributed by atoms with Gasteiger partial charge in [0, 0.05) is 19.4 Å². The van der Waals surface area contributed by atoms with Gasteiger partial charge in [-0.05, 0) is 31.4 Å². The second-order valence-corrected chi connectivity index (χ2v) is 6.13. The molecule has 0 saturated carbocycles. The third-order valence-corrected chi connectivity index (χ3v) is 4.77. The number of benzene rings is 1. The fraction of sp³-hybridized carbons (Fsp3) is 0.467. The zero-order valence-corrected chi connectivity index (χ0v) is 12.8.